The standard InChI is InChI=1S/C12H13N3O2/c1-15-5-4-7-9(15)3-2-8(12(7)16)10-6-11(13)14-17-10/h2-3,6,16H,4-5H2,1H3,(H2,13,14). The predicted molar refractivity (Wildman–Crippen MR) is 65.0 cm³/mol. The highest BCUT2D eigenvalue weighted by Gasteiger charge is 2.22. The summed E-state index contributed by atoms with van der Waals surface area (Å²) in [4.78, 5) is 2.12. The van der Waals surface area contributed by atoms with Gasteiger partial charge in [-0.1, -0.05) is 5.16 Å². The summed E-state index contributed by atoms with van der Waals surface area (Å²) in [6.45, 7) is 0.922. The zero-order chi connectivity index (χ0) is 12.0. The van der Waals surface area contributed by atoms with E-state index in [1.165, 1.54) is 0 Å². The smallest absolute Gasteiger partial charge is 0.172 e. The van der Waals surface area contributed by atoms with Crippen molar-refractivity contribution in [3.8, 4) is 17.1 Å². The number of aromatic hydroxyl groups is 1. The molecule has 0 saturated carbocycles. The maximum absolute atomic E-state index is 10.2. The predicted octanol–water partition coefficient (Wildman–Crippen LogP) is 1.62. The van der Waals surface area contributed by atoms with Gasteiger partial charge in [0, 0.05) is 30.9 Å². The van der Waals surface area contributed by atoms with E-state index in [1.54, 1.807) is 6.07 Å². The minimum absolute atomic E-state index is 0.267. The van der Waals surface area contributed by atoms with E-state index in [9.17, 15) is 5.11 Å². The maximum atomic E-state index is 10.2. The molecule has 3 rings (SSSR count). The van der Waals surface area contributed by atoms with Crippen LogP contribution in [-0.2, 0) is 6.42 Å². The first-order valence-electron chi connectivity index (χ1n) is 5.45. The first-order valence-corrected chi connectivity index (χ1v) is 5.45. The SMILES string of the molecule is CN1CCc2c1ccc(-c1cc(N)no1)c2O. The summed E-state index contributed by atoms with van der Waals surface area (Å²) in [5, 5.41) is 13.9. The molecular formula is C12H13N3O2. The van der Waals surface area contributed by atoms with E-state index in [1.807, 2.05) is 19.2 Å². The van der Waals surface area contributed by atoms with Gasteiger partial charge in [0.1, 0.15) is 5.75 Å². The third-order valence-electron chi connectivity index (χ3n) is 3.16. The molecule has 5 nitrogen and oxygen atoms in total. The van der Waals surface area contributed by atoms with Crippen molar-refractivity contribution in [2.45, 2.75) is 6.42 Å². The lowest BCUT2D eigenvalue weighted by Crippen LogP contribution is -2.12. The van der Waals surface area contributed by atoms with Crippen LogP contribution in [0.2, 0.25) is 0 Å². The highest BCUT2D eigenvalue weighted by molar-refractivity contribution is 5.76. The van der Waals surface area contributed by atoms with E-state index in [0.29, 0.717) is 17.1 Å². The fourth-order valence-electron chi connectivity index (χ4n) is 2.24. The third kappa shape index (κ3) is 1.43. The quantitative estimate of drug-likeness (QED) is 0.780. The second-order valence-electron chi connectivity index (χ2n) is 4.25. The van der Waals surface area contributed by atoms with E-state index in [0.717, 1.165) is 24.2 Å². The van der Waals surface area contributed by atoms with Gasteiger partial charge < -0.3 is 20.3 Å². The molecule has 0 aliphatic carbocycles. The molecule has 1 aliphatic rings. The molecule has 1 aliphatic heterocycles. The fourth-order valence-corrected chi connectivity index (χ4v) is 2.24. The Morgan fingerprint density at radius 3 is 3.00 bits per heavy atom. The number of phenols is 1. The van der Waals surface area contributed by atoms with Crippen LogP contribution in [0.5, 0.6) is 5.75 Å². The van der Waals surface area contributed by atoms with Crippen molar-refractivity contribution in [1.29, 1.82) is 0 Å². The lowest BCUT2D eigenvalue weighted by molar-refractivity contribution is 0.428. The van der Waals surface area contributed by atoms with Gasteiger partial charge in [0.2, 0.25) is 0 Å². The molecule has 17 heavy (non-hydrogen) atoms. The molecule has 1 aromatic carbocycles. The summed E-state index contributed by atoms with van der Waals surface area (Å²) >= 11 is 0. The Morgan fingerprint density at radius 1 is 1.47 bits per heavy atom. The lowest BCUT2D eigenvalue weighted by atomic mass is 10.0. The monoisotopic (exact) mass is 231 g/mol. The number of phenolic OH excluding ortho intramolecular Hbond substituents is 1. The summed E-state index contributed by atoms with van der Waals surface area (Å²) in [6, 6.07) is 5.42. The molecule has 1 aromatic heterocycles. The molecule has 0 unspecified atom stereocenters. The van der Waals surface area contributed by atoms with Crippen LogP contribution in [0.15, 0.2) is 22.7 Å². The zero-order valence-electron chi connectivity index (χ0n) is 9.47. The van der Waals surface area contributed by atoms with Crippen molar-refractivity contribution in [3.63, 3.8) is 0 Å². The number of hydrogen-bond acceptors (Lipinski definition) is 5. The van der Waals surface area contributed by atoms with Gasteiger partial charge >= 0.3 is 0 Å². The van der Waals surface area contributed by atoms with Gasteiger partial charge in [-0.25, -0.2) is 0 Å². The molecular weight excluding hydrogens is 218 g/mol. The third-order valence-corrected chi connectivity index (χ3v) is 3.16. The van der Waals surface area contributed by atoms with Crippen LogP contribution in [0, 0.1) is 0 Å². The highest BCUT2D eigenvalue weighted by atomic mass is 16.5. The van der Waals surface area contributed by atoms with Gasteiger partial charge in [-0.15, -0.1) is 0 Å². The molecule has 88 valence electrons. The molecule has 5 heteroatoms. The van der Waals surface area contributed by atoms with Crippen molar-refractivity contribution in [1.82, 2.24) is 5.16 Å². The van der Waals surface area contributed by atoms with Crippen LogP contribution in [0.25, 0.3) is 11.3 Å². The van der Waals surface area contributed by atoms with Gasteiger partial charge in [0.15, 0.2) is 11.6 Å². The summed E-state index contributed by atoms with van der Waals surface area (Å²) in [6.07, 6.45) is 0.842. The molecule has 0 saturated heterocycles. The Kier molecular flexibility index (Phi) is 2.01. The summed E-state index contributed by atoms with van der Waals surface area (Å²) in [5.41, 5.74) is 8.17. The van der Waals surface area contributed by atoms with Crippen LogP contribution in [0.4, 0.5) is 11.5 Å². The number of nitrogen functional groups attached to an aromatic ring is 1. The number of nitrogens with zero attached hydrogens (tertiary/aromatic N) is 2. The number of nitrogens with two attached hydrogens (primary N) is 1. The number of rotatable bonds is 1. The normalized spacial score (nSPS) is 14.1. The zero-order valence-corrected chi connectivity index (χ0v) is 9.47. The van der Waals surface area contributed by atoms with Gasteiger partial charge in [0.25, 0.3) is 0 Å². The summed E-state index contributed by atoms with van der Waals surface area (Å²) < 4.78 is 5.07. The first-order chi connectivity index (χ1) is 8.16. The van der Waals surface area contributed by atoms with Crippen LogP contribution in [0.3, 0.4) is 0 Å². The number of benzene rings is 1. The lowest BCUT2D eigenvalue weighted by Gasteiger charge is -2.12. The Hall–Kier alpha value is -2.17. The van der Waals surface area contributed by atoms with Gasteiger partial charge in [-0.3, -0.25) is 0 Å². The molecule has 0 amide bonds. The Morgan fingerprint density at radius 2 is 2.29 bits per heavy atom. The van der Waals surface area contributed by atoms with Crippen molar-refractivity contribution in [2.75, 3.05) is 24.2 Å². The van der Waals surface area contributed by atoms with Crippen LogP contribution in [0.1, 0.15) is 5.56 Å². The molecule has 0 fully saturated rings. The molecule has 0 atom stereocenters. The number of hydrogen-bond donors (Lipinski definition) is 2. The number of fused-ring (bicyclic) bond motifs is 1. The molecule has 2 aromatic rings. The first kappa shape index (κ1) is 10.0. The number of aromatic nitrogens is 1. The van der Waals surface area contributed by atoms with Crippen molar-refractivity contribution in [2.24, 2.45) is 0 Å². The van der Waals surface area contributed by atoms with Crippen molar-refractivity contribution < 1.29 is 9.63 Å². The Bertz CT molecular complexity index is 577. The second-order valence-corrected chi connectivity index (χ2v) is 4.25. The van der Waals surface area contributed by atoms with Crippen LogP contribution in [-0.4, -0.2) is 23.9 Å². The minimum atomic E-state index is 0.267. The average Bonchev–Trinajstić information content (AvgIpc) is 2.87. The topological polar surface area (TPSA) is 75.5 Å². The van der Waals surface area contributed by atoms with Gasteiger partial charge in [0.05, 0.1) is 5.56 Å². The van der Waals surface area contributed by atoms with E-state index < -0.39 is 0 Å². The van der Waals surface area contributed by atoms with E-state index >= 15 is 0 Å². The van der Waals surface area contributed by atoms with E-state index in [-0.39, 0.29) is 5.75 Å². The largest absolute Gasteiger partial charge is 0.507 e. The van der Waals surface area contributed by atoms with Crippen molar-refractivity contribution >= 4 is 11.5 Å². The molecule has 2 heterocycles. The Labute approximate surface area is 98.4 Å². The summed E-state index contributed by atoms with van der Waals surface area (Å²) in [5.74, 6) is 1.08. The molecule has 0 radical (unpaired) electrons. The van der Waals surface area contributed by atoms with E-state index in [2.05, 4.69) is 10.1 Å². The molecule has 3 N–H and O–H groups in total. The van der Waals surface area contributed by atoms with Crippen molar-refractivity contribution in [3.05, 3.63) is 23.8 Å². The van der Waals surface area contributed by atoms with E-state index in [4.69, 9.17) is 10.3 Å². The summed E-state index contributed by atoms with van der Waals surface area (Å²) in [7, 11) is 2.01. The number of anilines is 2. The molecule has 0 spiro atoms. The Balaban J connectivity index is 2.14. The molecule has 0 bridgehead atoms. The maximum Gasteiger partial charge on any atom is 0.172 e. The van der Waals surface area contributed by atoms with Gasteiger partial charge in [-0.05, 0) is 18.6 Å². The minimum Gasteiger partial charge on any atom is -0.507 e. The average molecular weight is 231 g/mol. The van der Waals surface area contributed by atoms with Gasteiger partial charge in [-0.2, -0.15) is 0 Å². The van der Waals surface area contributed by atoms with Crippen LogP contribution >= 0.6 is 0 Å². The number of likely N-dealkylation sites (N-methyl/N-ethyl adjacent to an activating group) is 1. The second kappa shape index (κ2) is 3.41. The van der Waals surface area contributed by atoms with Crippen LogP contribution < -0.4 is 10.6 Å². The fraction of sp³-hybridized carbons (Fsp3) is 0.250. The highest BCUT2D eigenvalue weighted by Crippen LogP contribution is 2.40.